The second kappa shape index (κ2) is 5.35. The van der Waals surface area contributed by atoms with Crippen molar-refractivity contribution in [2.75, 3.05) is 0 Å². The minimum absolute atomic E-state index is 0.153. The predicted octanol–water partition coefficient (Wildman–Crippen LogP) is 2.10. The molecule has 0 fully saturated rings. The lowest BCUT2D eigenvalue weighted by Gasteiger charge is -2.16. The van der Waals surface area contributed by atoms with Gasteiger partial charge in [0.05, 0.1) is 17.9 Å². The molecule has 0 radical (unpaired) electrons. The molecule has 0 saturated heterocycles. The number of nitrogens with zero attached hydrogens (tertiary/aromatic N) is 2. The third-order valence-corrected chi connectivity index (χ3v) is 2.90. The normalized spacial score (nSPS) is 12.4. The second-order valence-electron chi connectivity index (χ2n) is 3.79. The van der Waals surface area contributed by atoms with Crippen molar-refractivity contribution < 1.29 is 0 Å². The zero-order valence-corrected chi connectivity index (χ0v) is 11.0. The molecule has 0 aliphatic heterocycles. The quantitative estimate of drug-likeness (QED) is 0.672. The number of rotatable bonds is 3. The Hall–Kier alpha value is -1.30. The number of hydrazine groups is 1. The summed E-state index contributed by atoms with van der Waals surface area (Å²) in [5, 5.41) is 0. The molecule has 88 valence electrons. The maximum absolute atomic E-state index is 5.60. The Balaban J connectivity index is 2.42. The van der Waals surface area contributed by atoms with Crippen molar-refractivity contribution in [2.45, 2.75) is 13.0 Å². The summed E-state index contributed by atoms with van der Waals surface area (Å²) in [6.07, 6.45) is 5.01. The van der Waals surface area contributed by atoms with Crippen molar-refractivity contribution in [2.24, 2.45) is 5.84 Å². The second-order valence-corrected chi connectivity index (χ2v) is 4.71. The molecular weight excluding hydrogens is 280 g/mol. The molecule has 5 heteroatoms. The van der Waals surface area contributed by atoms with Gasteiger partial charge in [0.1, 0.15) is 0 Å². The molecule has 1 unspecified atom stereocenters. The van der Waals surface area contributed by atoms with E-state index in [0.29, 0.717) is 0 Å². The minimum Gasteiger partial charge on any atom is -0.271 e. The zero-order valence-electron chi connectivity index (χ0n) is 9.39. The van der Waals surface area contributed by atoms with E-state index in [9.17, 15) is 0 Å². The molecule has 0 aliphatic carbocycles. The molecule has 0 amide bonds. The summed E-state index contributed by atoms with van der Waals surface area (Å²) in [6, 6.07) is 5.99. The summed E-state index contributed by atoms with van der Waals surface area (Å²) >= 11 is 3.48. The fourth-order valence-electron chi connectivity index (χ4n) is 1.74. The van der Waals surface area contributed by atoms with Crippen LogP contribution in [-0.4, -0.2) is 9.97 Å². The van der Waals surface area contributed by atoms with Crippen LogP contribution in [0.4, 0.5) is 0 Å². The zero-order chi connectivity index (χ0) is 12.3. The van der Waals surface area contributed by atoms with Crippen molar-refractivity contribution in [1.82, 2.24) is 15.4 Å². The van der Waals surface area contributed by atoms with Gasteiger partial charge in [-0.3, -0.25) is 15.8 Å². The summed E-state index contributed by atoms with van der Waals surface area (Å²) in [7, 11) is 0. The standard InChI is InChI=1S/C12H13BrN4/c1-8-4-9(6-10(13)5-8)12(17-14)11-7-15-2-3-16-11/h2-7,12,17H,14H2,1H3. The van der Waals surface area contributed by atoms with Gasteiger partial charge in [-0.25, -0.2) is 5.43 Å². The SMILES string of the molecule is Cc1cc(Br)cc(C(NN)c2cnccn2)c1. The topological polar surface area (TPSA) is 63.8 Å². The Labute approximate surface area is 108 Å². The summed E-state index contributed by atoms with van der Waals surface area (Å²) in [5.41, 5.74) is 5.79. The molecule has 3 N–H and O–H groups in total. The van der Waals surface area contributed by atoms with E-state index in [1.165, 1.54) is 5.56 Å². The number of hydrogen-bond donors (Lipinski definition) is 2. The van der Waals surface area contributed by atoms with Crippen LogP contribution in [0.1, 0.15) is 22.9 Å². The van der Waals surface area contributed by atoms with Crippen molar-refractivity contribution >= 4 is 15.9 Å². The smallest absolute Gasteiger partial charge is 0.0897 e. The van der Waals surface area contributed by atoms with Crippen molar-refractivity contribution in [1.29, 1.82) is 0 Å². The van der Waals surface area contributed by atoms with E-state index >= 15 is 0 Å². The molecule has 17 heavy (non-hydrogen) atoms. The Morgan fingerprint density at radius 2 is 2.12 bits per heavy atom. The van der Waals surface area contributed by atoms with Crippen LogP contribution in [0.3, 0.4) is 0 Å². The van der Waals surface area contributed by atoms with Gasteiger partial charge in [-0.2, -0.15) is 0 Å². The summed E-state index contributed by atoms with van der Waals surface area (Å²) in [5.74, 6) is 5.60. The molecule has 0 bridgehead atoms. The Kier molecular flexibility index (Phi) is 3.83. The molecule has 1 heterocycles. The average molecular weight is 293 g/mol. The third kappa shape index (κ3) is 2.88. The fourth-order valence-corrected chi connectivity index (χ4v) is 2.37. The first-order valence-corrected chi connectivity index (χ1v) is 5.99. The van der Waals surface area contributed by atoms with Gasteiger partial charge in [0.2, 0.25) is 0 Å². The molecule has 1 aromatic heterocycles. The lowest BCUT2D eigenvalue weighted by molar-refractivity contribution is 0.617. The fraction of sp³-hybridized carbons (Fsp3) is 0.167. The first-order chi connectivity index (χ1) is 8.20. The minimum atomic E-state index is -0.153. The first-order valence-electron chi connectivity index (χ1n) is 5.20. The van der Waals surface area contributed by atoms with Crippen LogP contribution < -0.4 is 11.3 Å². The van der Waals surface area contributed by atoms with Gasteiger partial charge in [-0.1, -0.05) is 22.0 Å². The van der Waals surface area contributed by atoms with Crippen LogP contribution in [0.15, 0.2) is 41.3 Å². The largest absolute Gasteiger partial charge is 0.271 e. The van der Waals surface area contributed by atoms with Gasteiger partial charge in [-0.15, -0.1) is 0 Å². The van der Waals surface area contributed by atoms with Gasteiger partial charge in [0.15, 0.2) is 0 Å². The molecule has 4 nitrogen and oxygen atoms in total. The highest BCUT2D eigenvalue weighted by atomic mass is 79.9. The summed E-state index contributed by atoms with van der Waals surface area (Å²) < 4.78 is 1.02. The van der Waals surface area contributed by atoms with E-state index in [0.717, 1.165) is 15.7 Å². The van der Waals surface area contributed by atoms with E-state index in [1.807, 2.05) is 19.1 Å². The van der Waals surface area contributed by atoms with Crippen LogP contribution >= 0.6 is 15.9 Å². The van der Waals surface area contributed by atoms with E-state index in [4.69, 9.17) is 5.84 Å². The van der Waals surface area contributed by atoms with Gasteiger partial charge in [0, 0.05) is 16.9 Å². The number of aryl methyl sites for hydroxylation is 1. The summed E-state index contributed by atoms with van der Waals surface area (Å²) in [4.78, 5) is 8.32. The Morgan fingerprint density at radius 3 is 2.71 bits per heavy atom. The number of aromatic nitrogens is 2. The van der Waals surface area contributed by atoms with Crippen molar-refractivity contribution in [3.63, 3.8) is 0 Å². The highest BCUT2D eigenvalue weighted by Gasteiger charge is 2.14. The number of halogens is 1. The molecule has 2 rings (SSSR count). The highest BCUT2D eigenvalue weighted by Crippen LogP contribution is 2.23. The summed E-state index contributed by atoms with van der Waals surface area (Å²) in [6.45, 7) is 2.04. The maximum atomic E-state index is 5.60. The molecule has 1 atom stereocenters. The lowest BCUT2D eigenvalue weighted by atomic mass is 10.0. The highest BCUT2D eigenvalue weighted by molar-refractivity contribution is 9.10. The monoisotopic (exact) mass is 292 g/mol. The van der Waals surface area contributed by atoms with E-state index < -0.39 is 0 Å². The van der Waals surface area contributed by atoms with Crippen LogP contribution in [0.2, 0.25) is 0 Å². The van der Waals surface area contributed by atoms with E-state index in [1.54, 1.807) is 18.6 Å². The van der Waals surface area contributed by atoms with Gasteiger partial charge in [-0.05, 0) is 30.2 Å². The molecule has 0 saturated carbocycles. The number of nitrogens with one attached hydrogen (secondary N) is 1. The number of benzene rings is 1. The van der Waals surface area contributed by atoms with Crippen LogP contribution in [0.25, 0.3) is 0 Å². The first kappa shape index (κ1) is 12.2. The van der Waals surface area contributed by atoms with Gasteiger partial charge < -0.3 is 0 Å². The molecule has 0 spiro atoms. The van der Waals surface area contributed by atoms with Crippen molar-refractivity contribution in [3.8, 4) is 0 Å². The van der Waals surface area contributed by atoms with Crippen LogP contribution in [0.5, 0.6) is 0 Å². The average Bonchev–Trinajstić information content (AvgIpc) is 2.30. The third-order valence-electron chi connectivity index (χ3n) is 2.44. The number of hydrogen-bond acceptors (Lipinski definition) is 4. The predicted molar refractivity (Wildman–Crippen MR) is 70.1 cm³/mol. The van der Waals surface area contributed by atoms with E-state index in [2.05, 4.69) is 37.4 Å². The van der Waals surface area contributed by atoms with Gasteiger partial charge >= 0.3 is 0 Å². The van der Waals surface area contributed by atoms with E-state index in [-0.39, 0.29) is 6.04 Å². The molecule has 1 aromatic carbocycles. The van der Waals surface area contributed by atoms with Crippen LogP contribution in [-0.2, 0) is 0 Å². The van der Waals surface area contributed by atoms with Crippen LogP contribution in [0, 0.1) is 6.92 Å². The number of nitrogens with two attached hydrogens (primary N) is 1. The molecule has 2 aromatic rings. The van der Waals surface area contributed by atoms with Crippen molar-refractivity contribution in [3.05, 3.63) is 58.1 Å². The molecular formula is C12H13BrN4. The Morgan fingerprint density at radius 1 is 1.29 bits per heavy atom. The van der Waals surface area contributed by atoms with Gasteiger partial charge in [0.25, 0.3) is 0 Å². The maximum Gasteiger partial charge on any atom is 0.0897 e. The lowest BCUT2D eigenvalue weighted by Crippen LogP contribution is -2.29. The molecule has 0 aliphatic rings. The Bertz CT molecular complexity index is 481.